The molecule has 8 nitrogen and oxygen atoms in total. The van der Waals surface area contributed by atoms with Gasteiger partial charge < -0.3 is 23.5 Å². The minimum atomic E-state index is -3.90. The first-order valence-corrected chi connectivity index (χ1v) is 10.4. The van der Waals surface area contributed by atoms with Crippen LogP contribution in [0.25, 0.3) is 0 Å². The van der Waals surface area contributed by atoms with Crippen molar-refractivity contribution in [3.8, 4) is 0 Å². The lowest BCUT2D eigenvalue weighted by molar-refractivity contribution is 0.123. The average molecular weight is 345 g/mol. The van der Waals surface area contributed by atoms with E-state index in [9.17, 15) is 9.46 Å². The molecule has 0 spiro atoms. The van der Waals surface area contributed by atoms with Crippen LogP contribution in [0, 0.1) is 0 Å². The summed E-state index contributed by atoms with van der Waals surface area (Å²) in [6.07, 6.45) is 1.47. The van der Waals surface area contributed by atoms with Gasteiger partial charge in [-0.15, -0.1) is 0 Å². The number of phosphoric acid groups is 1. The summed E-state index contributed by atoms with van der Waals surface area (Å²) in [5.74, 6) is 0. The van der Waals surface area contributed by atoms with Crippen LogP contribution < -0.4 is 5.32 Å². The SMILES string of the molecule is CCCOP(=O)(O)OCCNCCC[Si](OC)(OC)OC. The first-order valence-electron chi connectivity index (χ1n) is 6.93. The third-order valence-corrected chi connectivity index (χ3v) is 6.61. The maximum absolute atomic E-state index is 11.3. The molecule has 0 amide bonds. The van der Waals surface area contributed by atoms with Crippen molar-refractivity contribution in [2.75, 3.05) is 47.6 Å². The molecule has 128 valence electrons. The van der Waals surface area contributed by atoms with Crippen LogP contribution in [0.15, 0.2) is 0 Å². The molecule has 0 aromatic rings. The van der Waals surface area contributed by atoms with E-state index in [4.69, 9.17) is 22.3 Å². The number of rotatable bonds is 14. The fraction of sp³-hybridized carbons (Fsp3) is 1.00. The van der Waals surface area contributed by atoms with Crippen LogP contribution in [0.4, 0.5) is 0 Å². The number of nitrogens with one attached hydrogen (secondary N) is 1. The van der Waals surface area contributed by atoms with Gasteiger partial charge in [0.2, 0.25) is 0 Å². The van der Waals surface area contributed by atoms with E-state index in [0.717, 1.165) is 6.42 Å². The fourth-order valence-corrected chi connectivity index (χ4v) is 4.12. The molecule has 0 saturated heterocycles. The maximum atomic E-state index is 11.3. The summed E-state index contributed by atoms with van der Waals surface area (Å²) in [4.78, 5) is 9.29. The Bertz CT molecular complexity index is 296. The summed E-state index contributed by atoms with van der Waals surface area (Å²) in [7, 11) is -1.67. The highest BCUT2D eigenvalue weighted by atomic mass is 31.2. The Morgan fingerprint density at radius 2 is 1.62 bits per heavy atom. The first kappa shape index (κ1) is 21.2. The van der Waals surface area contributed by atoms with Gasteiger partial charge in [-0.3, -0.25) is 9.05 Å². The van der Waals surface area contributed by atoms with Gasteiger partial charge in [0.15, 0.2) is 0 Å². The van der Waals surface area contributed by atoms with Crippen LogP contribution in [0.3, 0.4) is 0 Å². The molecule has 0 bridgehead atoms. The highest BCUT2D eigenvalue weighted by molar-refractivity contribution is 7.47. The van der Waals surface area contributed by atoms with Gasteiger partial charge in [-0.1, -0.05) is 6.92 Å². The summed E-state index contributed by atoms with van der Waals surface area (Å²) in [5, 5.41) is 3.10. The van der Waals surface area contributed by atoms with E-state index < -0.39 is 16.6 Å². The Balaban J connectivity index is 3.67. The van der Waals surface area contributed by atoms with Crippen molar-refractivity contribution in [1.82, 2.24) is 5.32 Å². The van der Waals surface area contributed by atoms with E-state index in [-0.39, 0.29) is 13.2 Å². The van der Waals surface area contributed by atoms with Gasteiger partial charge in [-0.25, -0.2) is 4.57 Å². The second kappa shape index (κ2) is 11.7. The largest absolute Gasteiger partial charge is 0.500 e. The summed E-state index contributed by atoms with van der Waals surface area (Å²) in [5.41, 5.74) is 0. The van der Waals surface area contributed by atoms with Crippen molar-refractivity contribution in [3.63, 3.8) is 0 Å². The molecule has 0 rings (SSSR count). The molecule has 0 radical (unpaired) electrons. The Morgan fingerprint density at radius 1 is 1.05 bits per heavy atom. The molecule has 21 heavy (non-hydrogen) atoms. The Morgan fingerprint density at radius 3 is 2.14 bits per heavy atom. The third kappa shape index (κ3) is 9.72. The molecular weight excluding hydrogens is 317 g/mol. The van der Waals surface area contributed by atoms with E-state index >= 15 is 0 Å². The molecule has 0 aliphatic heterocycles. The molecule has 0 aromatic carbocycles. The van der Waals surface area contributed by atoms with Crippen LogP contribution in [-0.4, -0.2) is 61.3 Å². The van der Waals surface area contributed by atoms with Crippen LogP contribution >= 0.6 is 7.82 Å². The van der Waals surface area contributed by atoms with Crippen molar-refractivity contribution >= 4 is 16.6 Å². The van der Waals surface area contributed by atoms with Gasteiger partial charge in [-0.05, 0) is 19.4 Å². The normalized spacial score (nSPS) is 15.1. The molecule has 0 heterocycles. The second-order valence-corrected chi connectivity index (χ2v) is 8.83. The van der Waals surface area contributed by atoms with Crippen LogP contribution in [0.2, 0.25) is 6.04 Å². The molecule has 0 aliphatic rings. The molecule has 10 heteroatoms. The summed E-state index contributed by atoms with van der Waals surface area (Å²) >= 11 is 0. The molecule has 0 aliphatic carbocycles. The van der Waals surface area contributed by atoms with Gasteiger partial charge in [0.25, 0.3) is 0 Å². The topological polar surface area (TPSA) is 95.5 Å². The number of hydrogen-bond donors (Lipinski definition) is 2. The molecular formula is C11H28NO7PSi. The predicted molar refractivity (Wildman–Crippen MR) is 81.1 cm³/mol. The van der Waals surface area contributed by atoms with Crippen LogP contribution in [0.5, 0.6) is 0 Å². The standard InChI is InChI=1S/C11H28NO7PSi/c1-5-9-18-20(13,14)19-10-8-12-7-6-11-21(15-2,16-3)17-4/h12H,5-11H2,1-4H3,(H,13,14). The van der Waals surface area contributed by atoms with Crippen molar-refractivity contribution in [2.45, 2.75) is 25.8 Å². The second-order valence-electron chi connectivity index (χ2n) is 4.28. The molecule has 2 N–H and O–H groups in total. The Kier molecular flexibility index (Phi) is 11.8. The van der Waals surface area contributed by atoms with Gasteiger partial charge >= 0.3 is 16.6 Å². The van der Waals surface area contributed by atoms with Crippen molar-refractivity contribution in [2.24, 2.45) is 0 Å². The lowest BCUT2D eigenvalue weighted by Gasteiger charge is -2.24. The van der Waals surface area contributed by atoms with E-state index in [1.807, 2.05) is 6.92 Å². The van der Waals surface area contributed by atoms with Crippen molar-refractivity contribution in [3.05, 3.63) is 0 Å². The average Bonchev–Trinajstić information content (AvgIpc) is 2.49. The number of hydrogen-bond acceptors (Lipinski definition) is 7. The summed E-state index contributed by atoms with van der Waals surface area (Å²) < 4.78 is 36.8. The zero-order valence-corrected chi connectivity index (χ0v) is 15.2. The summed E-state index contributed by atoms with van der Waals surface area (Å²) in [6, 6.07) is 0.697. The van der Waals surface area contributed by atoms with Crippen molar-refractivity contribution < 1.29 is 31.8 Å². The predicted octanol–water partition coefficient (Wildman–Crippen LogP) is 1.39. The van der Waals surface area contributed by atoms with E-state index in [0.29, 0.717) is 25.6 Å². The third-order valence-electron chi connectivity index (χ3n) is 2.76. The van der Waals surface area contributed by atoms with Crippen LogP contribution in [0.1, 0.15) is 19.8 Å². The summed E-state index contributed by atoms with van der Waals surface area (Å²) in [6.45, 7) is 3.34. The smallest absolute Gasteiger partial charge is 0.377 e. The van der Waals surface area contributed by atoms with Gasteiger partial charge in [0.1, 0.15) is 0 Å². The lowest BCUT2D eigenvalue weighted by atomic mass is 10.5. The molecule has 0 aromatic heterocycles. The molecule has 1 unspecified atom stereocenters. The Hall–Kier alpha value is 0.167. The van der Waals surface area contributed by atoms with E-state index in [2.05, 4.69) is 5.32 Å². The Labute approximate surface area is 128 Å². The zero-order chi connectivity index (χ0) is 16.2. The highest BCUT2D eigenvalue weighted by Crippen LogP contribution is 2.42. The van der Waals surface area contributed by atoms with Gasteiger partial charge in [0.05, 0.1) is 13.2 Å². The number of phosphoric ester groups is 1. The van der Waals surface area contributed by atoms with Gasteiger partial charge in [0, 0.05) is 33.9 Å². The van der Waals surface area contributed by atoms with Crippen molar-refractivity contribution in [1.29, 1.82) is 0 Å². The monoisotopic (exact) mass is 345 g/mol. The van der Waals surface area contributed by atoms with Gasteiger partial charge in [-0.2, -0.15) is 0 Å². The first-order chi connectivity index (χ1) is 9.95. The zero-order valence-electron chi connectivity index (χ0n) is 13.3. The maximum Gasteiger partial charge on any atom is 0.500 e. The minimum Gasteiger partial charge on any atom is -0.377 e. The minimum absolute atomic E-state index is 0.110. The molecule has 1 atom stereocenters. The lowest BCUT2D eigenvalue weighted by Crippen LogP contribution is -2.43. The van der Waals surface area contributed by atoms with E-state index in [1.165, 1.54) is 0 Å². The quantitative estimate of drug-likeness (QED) is 0.277. The molecule has 0 fully saturated rings. The fourth-order valence-electron chi connectivity index (χ4n) is 1.59. The van der Waals surface area contributed by atoms with E-state index in [1.54, 1.807) is 21.3 Å². The molecule has 0 saturated carbocycles. The highest BCUT2D eigenvalue weighted by Gasteiger charge is 2.36. The van der Waals surface area contributed by atoms with Crippen LogP contribution in [-0.2, 0) is 26.9 Å².